The van der Waals surface area contributed by atoms with Gasteiger partial charge in [0, 0.05) is 12.1 Å². The van der Waals surface area contributed by atoms with Gasteiger partial charge in [0.05, 0.1) is 11.4 Å². The third-order valence-electron chi connectivity index (χ3n) is 4.14. The van der Waals surface area contributed by atoms with Crippen LogP contribution in [0.25, 0.3) is 0 Å². The standard InChI is InChI=1S/C19H7F11N2O2/c20-5-1-4(19(28,29)30)17(33-8-2-6(31)10(21)14(25)12(8)23)16(27)18(5)34-9-3-7(32)11(22)15(26)13(9)24/h1-3H,31-32H2. The summed E-state index contributed by atoms with van der Waals surface area (Å²) in [6, 6.07) is -0.0521. The van der Waals surface area contributed by atoms with Crippen LogP contribution in [0.15, 0.2) is 18.2 Å². The number of ether oxygens (including phenoxy) is 2. The largest absolute Gasteiger partial charge is 0.450 e. The minimum absolute atomic E-state index is 0.160. The van der Waals surface area contributed by atoms with E-state index in [4.69, 9.17) is 11.5 Å². The van der Waals surface area contributed by atoms with Crippen LogP contribution < -0.4 is 20.9 Å². The summed E-state index contributed by atoms with van der Waals surface area (Å²) in [6.07, 6.45) is -5.58. The first kappa shape index (κ1) is 24.7. The van der Waals surface area contributed by atoms with E-state index < -0.39 is 98.7 Å². The number of hydrogen-bond donors (Lipinski definition) is 2. The van der Waals surface area contributed by atoms with Crippen molar-refractivity contribution in [3.63, 3.8) is 0 Å². The summed E-state index contributed by atoms with van der Waals surface area (Å²) in [5.41, 5.74) is 5.60. The van der Waals surface area contributed by atoms with Crippen LogP contribution in [0, 0.1) is 46.5 Å². The molecule has 15 heteroatoms. The monoisotopic (exact) mass is 504 g/mol. The maximum absolute atomic E-state index is 14.9. The summed E-state index contributed by atoms with van der Waals surface area (Å²) >= 11 is 0. The lowest BCUT2D eigenvalue weighted by molar-refractivity contribution is -0.139. The Morgan fingerprint density at radius 2 is 0.941 bits per heavy atom. The molecule has 0 saturated carbocycles. The van der Waals surface area contributed by atoms with E-state index in [1.807, 2.05) is 0 Å². The molecule has 4 nitrogen and oxygen atoms in total. The highest BCUT2D eigenvalue weighted by molar-refractivity contribution is 5.53. The number of nitrogen functional groups attached to an aromatic ring is 2. The molecule has 3 aromatic carbocycles. The van der Waals surface area contributed by atoms with Crippen molar-refractivity contribution >= 4 is 11.4 Å². The first-order valence-electron chi connectivity index (χ1n) is 8.45. The molecule has 0 bridgehead atoms. The molecule has 4 N–H and O–H groups in total. The van der Waals surface area contributed by atoms with Crippen molar-refractivity contribution in [2.75, 3.05) is 11.5 Å². The summed E-state index contributed by atoms with van der Waals surface area (Å²) in [6.45, 7) is 0. The van der Waals surface area contributed by atoms with E-state index in [0.29, 0.717) is 0 Å². The summed E-state index contributed by atoms with van der Waals surface area (Å²) < 4.78 is 159. The van der Waals surface area contributed by atoms with Crippen molar-refractivity contribution in [1.82, 2.24) is 0 Å². The molecular formula is C19H7F11N2O2. The molecular weight excluding hydrogens is 497 g/mol. The molecule has 0 saturated heterocycles. The molecule has 0 aromatic heterocycles. The number of anilines is 2. The van der Waals surface area contributed by atoms with Crippen LogP contribution in [0.1, 0.15) is 5.56 Å². The number of nitrogens with two attached hydrogens (primary N) is 2. The summed E-state index contributed by atoms with van der Waals surface area (Å²) in [5, 5.41) is 0. The summed E-state index contributed by atoms with van der Waals surface area (Å²) in [7, 11) is 0. The van der Waals surface area contributed by atoms with Crippen molar-refractivity contribution in [3.8, 4) is 23.0 Å². The Labute approximate surface area is 181 Å². The maximum Gasteiger partial charge on any atom is 0.420 e. The average molecular weight is 504 g/mol. The number of benzene rings is 3. The van der Waals surface area contributed by atoms with E-state index in [-0.39, 0.29) is 12.1 Å². The molecule has 0 aliphatic carbocycles. The molecule has 0 heterocycles. The van der Waals surface area contributed by atoms with Crippen LogP contribution >= 0.6 is 0 Å². The molecule has 0 radical (unpaired) electrons. The predicted octanol–water partition coefficient (Wildman–Crippen LogP) is 6.57. The van der Waals surface area contributed by atoms with E-state index in [1.165, 1.54) is 0 Å². The van der Waals surface area contributed by atoms with Gasteiger partial charge in [0.15, 0.2) is 46.3 Å². The Kier molecular flexibility index (Phi) is 6.15. The van der Waals surface area contributed by atoms with Crippen molar-refractivity contribution in [1.29, 1.82) is 0 Å². The van der Waals surface area contributed by atoms with E-state index in [2.05, 4.69) is 9.47 Å². The molecule has 0 spiro atoms. The van der Waals surface area contributed by atoms with E-state index in [0.717, 1.165) is 0 Å². The molecule has 0 atom stereocenters. The fraction of sp³-hybridized carbons (Fsp3) is 0.0526. The molecule has 182 valence electrons. The zero-order valence-electron chi connectivity index (χ0n) is 15.9. The van der Waals surface area contributed by atoms with Gasteiger partial charge in [0.25, 0.3) is 0 Å². The van der Waals surface area contributed by atoms with Crippen LogP contribution in [0.4, 0.5) is 59.7 Å². The fourth-order valence-corrected chi connectivity index (χ4v) is 2.55. The van der Waals surface area contributed by atoms with Gasteiger partial charge in [-0.25, -0.2) is 22.0 Å². The number of rotatable bonds is 4. The Hall–Kier alpha value is -3.91. The van der Waals surface area contributed by atoms with Gasteiger partial charge in [-0.1, -0.05) is 0 Å². The minimum atomic E-state index is -5.58. The van der Waals surface area contributed by atoms with Gasteiger partial charge in [-0.15, -0.1) is 0 Å². The van der Waals surface area contributed by atoms with E-state index in [9.17, 15) is 48.3 Å². The van der Waals surface area contributed by atoms with Gasteiger partial charge in [-0.2, -0.15) is 26.3 Å². The lowest BCUT2D eigenvalue weighted by atomic mass is 10.1. The maximum atomic E-state index is 14.9. The van der Waals surface area contributed by atoms with Gasteiger partial charge in [-0.3, -0.25) is 0 Å². The summed E-state index contributed by atoms with van der Waals surface area (Å²) in [5.74, 6) is -24.2. The highest BCUT2D eigenvalue weighted by Crippen LogP contribution is 2.46. The van der Waals surface area contributed by atoms with Crippen LogP contribution in [-0.2, 0) is 6.18 Å². The Bertz CT molecular complexity index is 1310. The van der Waals surface area contributed by atoms with Crippen LogP contribution in [0.2, 0.25) is 0 Å². The van der Waals surface area contributed by atoms with Crippen molar-refractivity contribution in [2.24, 2.45) is 0 Å². The fourth-order valence-electron chi connectivity index (χ4n) is 2.55. The van der Waals surface area contributed by atoms with Gasteiger partial charge in [0.2, 0.25) is 23.2 Å². The predicted molar refractivity (Wildman–Crippen MR) is 93.0 cm³/mol. The first-order chi connectivity index (χ1) is 15.6. The van der Waals surface area contributed by atoms with Crippen molar-refractivity contribution in [2.45, 2.75) is 6.18 Å². The highest BCUT2D eigenvalue weighted by Gasteiger charge is 2.40. The first-order valence-corrected chi connectivity index (χ1v) is 8.45. The molecule has 0 aliphatic rings. The second kappa shape index (κ2) is 8.46. The van der Waals surface area contributed by atoms with Gasteiger partial charge in [0.1, 0.15) is 5.56 Å². The van der Waals surface area contributed by atoms with Gasteiger partial charge in [-0.05, 0) is 6.07 Å². The zero-order chi connectivity index (χ0) is 25.7. The third kappa shape index (κ3) is 4.20. The second-order valence-electron chi connectivity index (χ2n) is 6.39. The molecule has 34 heavy (non-hydrogen) atoms. The molecule has 3 rings (SSSR count). The van der Waals surface area contributed by atoms with E-state index >= 15 is 0 Å². The minimum Gasteiger partial charge on any atom is -0.450 e. The highest BCUT2D eigenvalue weighted by atomic mass is 19.4. The smallest absolute Gasteiger partial charge is 0.420 e. The Morgan fingerprint density at radius 3 is 1.35 bits per heavy atom. The Morgan fingerprint density at radius 1 is 0.529 bits per heavy atom. The molecule has 0 amide bonds. The second-order valence-corrected chi connectivity index (χ2v) is 6.39. The van der Waals surface area contributed by atoms with Crippen molar-refractivity contribution < 1.29 is 57.8 Å². The third-order valence-corrected chi connectivity index (χ3v) is 4.14. The molecule has 0 fully saturated rings. The quantitative estimate of drug-likeness (QED) is 0.240. The molecule has 0 unspecified atom stereocenters. The molecule has 3 aromatic rings. The lowest BCUT2D eigenvalue weighted by Crippen LogP contribution is -2.12. The van der Waals surface area contributed by atoms with E-state index in [1.54, 1.807) is 0 Å². The number of hydrogen-bond acceptors (Lipinski definition) is 4. The topological polar surface area (TPSA) is 70.5 Å². The average Bonchev–Trinajstić information content (AvgIpc) is 2.75. The van der Waals surface area contributed by atoms with Crippen molar-refractivity contribution in [3.05, 3.63) is 70.3 Å². The van der Waals surface area contributed by atoms with Gasteiger partial charge < -0.3 is 20.9 Å². The SMILES string of the molecule is Nc1cc(Oc2c(F)cc(C(F)(F)F)c(Oc3cc(N)c(F)c(F)c3F)c2F)c(F)c(F)c1F. The van der Waals surface area contributed by atoms with Crippen LogP contribution in [-0.4, -0.2) is 0 Å². The zero-order valence-corrected chi connectivity index (χ0v) is 15.9. The Balaban J connectivity index is 2.22. The van der Waals surface area contributed by atoms with Gasteiger partial charge >= 0.3 is 6.18 Å². The van der Waals surface area contributed by atoms with Crippen LogP contribution in [0.3, 0.4) is 0 Å². The number of halogens is 11. The molecule has 0 aliphatic heterocycles. The summed E-state index contributed by atoms with van der Waals surface area (Å²) in [4.78, 5) is 0. The van der Waals surface area contributed by atoms with Crippen LogP contribution in [0.5, 0.6) is 23.0 Å². The number of alkyl halides is 3. The normalized spacial score (nSPS) is 11.6. The lowest BCUT2D eigenvalue weighted by Gasteiger charge is -2.18.